The van der Waals surface area contributed by atoms with E-state index in [1.54, 1.807) is 0 Å². The lowest BCUT2D eigenvalue weighted by Gasteiger charge is -2.25. The second-order valence-electron chi connectivity index (χ2n) is 5.09. The van der Waals surface area contributed by atoms with Crippen molar-refractivity contribution in [1.29, 1.82) is 0 Å². The van der Waals surface area contributed by atoms with E-state index in [0.717, 1.165) is 12.8 Å². The van der Waals surface area contributed by atoms with E-state index >= 15 is 0 Å². The van der Waals surface area contributed by atoms with Gasteiger partial charge in [0.2, 0.25) is 5.91 Å². The first-order chi connectivity index (χ1) is 8.54. The van der Waals surface area contributed by atoms with Crippen molar-refractivity contribution in [1.82, 2.24) is 5.32 Å². The van der Waals surface area contributed by atoms with E-state index in [2.05, 4.69) is 24.4 Å². The van der Waals surface area contributed by atoms with Crippen LogP contribution in [0.3, 0.4) is 0 Å². The van der Waals surface area contributed by atoms with Crippen molar-refractivity contribution in [2.75, 3.05) is 0 Å². The molecule has 0 aromatic heterocycles. The molecule has 1 rings (SSSR count). The van der Waals surface area contributed by atoms with E-state index in [9.17, 15) is 4.79 Å². The van der Waals surface area contributed by atoms with Crippen molar-refractivity contribution in [3.8, 4) is 0 Å². The molecular formula is C15H24N2O. The molecule has 2 atom stereocenters. The van der Waals surface area contributed by atoms with Crippen LogP contribution < -0.4 is 11.1 Å². The lowest BCUT2D eigenvalue weighted by Crippen LogP contribution is -2.49. The average Bonchev–Trinajstić information content (AvgIpc) is 2.34. The Kier molecular flexibility index (Phi) is 5.86. The van der Waals surface area contributed by atoms with Crippen LogP contribution in [-0.2, 0) is 11.2 Å². The molecule has 2 unspecified atom stereocenters. The average molecular weight is 248 g/mol. The molecule has 0 fully saturated rings. The first-order valence-corrected chi connectivity index (χ1v) is 6.63. The quantitative estimate of drug-likeness (QED) is 0.776. The molecule has 3 heteroatoms. The maximum Gasteiger partial charge on any atom is 0.234 e. The molecule has 0 aliphatic carbocycles. The van der Waals surface area contributed by atoms with Crippen LogP contribution in [0.2, 0.25) is 0 Å². The first-order valence-electron chi connectivity index (χ1n) is 6.63. The van der Waals surface area contributed by atoms with Gasteiger partial charge in [-0.1, -0.05) is 51.1 Å². The highest BCUT2D eigenvalue weighted by Crippen LogP contribution is 2.09. The number of primary amides is 1. The molecule has 3 nitrogen and oxygen atoms in total. The minimum absolute atomic E-state index is 0.215. The summed E-state index contributed by atoms with van der Waals surface area (Å²) >= 11 is 0. The second-order valence-corrected chi connectivity index (χ2v) is 5.09. The minimum atomic E-state index is -0.267. The van der Waals surface area contributed by atoms with E-state index in [-0.39, 0.29) is 23.9 Å². The second kappa shape index (κ2) is 7.17. The number of carbonyl (C=O) groups is 1. The Bertz CT molecular complexity index is 362. The smallest absolute Gasteiger partial charge is 0.234 e. The monoisotopic (exact) mass is 248 g/mol. The van der Waals surface area contributed by atoms with Crippen molar-refractivity contribution in [2.45, 2.75) is 45.7 Å². The maximum atomic E-state index is 11.4. The Balaban J connectivity index is 2.64. The van der Waals surface area contributed by atoms with E-state index in [4.69, 9.17) is 5.73 Å². The Labute approximate surface area is 110 Å². The van der Waals surface area contributed by atoms with Crippen LogP contribution in [0.1, 0.15) is 32.8 Å². The van der Waals surface area contributed by atoms with E-state index in [1.165, 1.54) is 5.56 Å². The molecule has 0 saturated carbocycles. The number of benzene rings is 1. The summed E-state index contributed by atoms with van der Waals surface area (Å²) in [6.07, 6.45) is 1.90. The molecule has 3 N–H and O–H groups in total. The fourth-order valence-corrected chi connectivity index (χ4v) is 2.08. The summed E-state index contributed by atoms with van der Waals surface area (Å²) in [5.41, 5.74) is 6.71. The third-order valence-electron chi connectivity index (χ3n) is 3.21. The van der Waals surface area contributed by atoms with Gasteiger partial charge in [-0.2, -0.15) is 0 Å². The molecule has 0 aliphatic heterocycles. The minimum Gasteiger partial charge on any atom is -0.368 e. The number of hydrogen-bond acceptors (Lipinski definition) is 2. The maximum absolute atomic E-state index is 11.4. The van der Waals surface area contributed by atoms with Gasteiger partial charge in [-0.3, -0.25) is 4.79 Å². The number of hydrogen-bond donors (Lipinski definition) is 2. The molecule has 0 spiro atoms. The number of nitrogens with two attached hydrogens (primary N) is 1. The standard InChI is InChI=1S/C15H24N2O/c1-4-13(10-12-8-6-5-7-9-12)17-14(11(2)3)15(16)18/h5-9,11,13-14,17H,4,10H2,1-3H3,(H2,16,18). The van der Waals surface area contributed by atoms with E-state index in [0.29, 0.717) is 0 Å². The third-order valence-corrected chi connectivity index (χ3v) is 3.21. The molecule has 0 heterocycles. The number of rotatable bonds is 7. The van der Waals surface area contributed by atoms with Crippen LogP contribution in [0.4, 0.5) is 0 Å². The number of nitrogens with one attached hydrogen (secondary N) is 1. The Morgan fingerprint density at radius 2 is 1.89 bits per heavy atom. The van der Waals surface area contributed by atoms with Gasteiger partial charge in [-0.25, -0.2) is 0 Å². The van der Waals surface area contributed by atoms with Gasteiger partial charge in [0.1, 0.15) is 0 Å². The fraction of sp³-hybridized carbons (Fsp3) is 0.533. The molecular weight excluding hydrogens is 224 g/mol. The zero-order valence-corrected chi connectivity index (χ0v) is 11.5. The van der Waals surface area contributed by atoms with Gasteiger partial charge >= 0.3 is 0 Å². The normalized spacial score (nSPS) is 14.4. The van der Waals surface area contributed by atoms with E-state index in [1.807, 2.05) is 32.0 Å². The van der Waals surface area contributed by atoms with Crippen LogP contribution in [0, 0.1) is 5.92 Å². The summed E-state index contributed by atoms with van der Waals surface area (Å²) in [5, 5.41) is 3.38. The topological polar surface area (TPSA) is 55.1 Å². The van der Waals surface area contributed by atoms with Gasteiger partial charge in [0.25, 0.3) is 0 Å². The molecule has 0 saturated heterocycles. The van der Waals surface area contributed by atoms with Crippen LogP contribution in [0.25, 0.3) is 0 Å². The predicted molar refractivity (Wildman–Crippen MR) is 75.2 cm³/mol. The Morgan fingerprint density at radius 1 is 1.28 bits per heavy atom. The molecule has 1 amide bonds. The van der Waals surface area contributed by atoms with Crippen molar-refractivity contribution in [2.24, 2.45) is 11.7 Å². The highest BCUT2D eigenvalue weighted by molar-refractivity contribution is 5.80. The van der Waals surface area contributed by atoms with Crippen molar-refractivity contribution in [3.63, 3.8) is 0 Å². The number of amides is 1. The van der Waals surface area contributed by atoms with Gasteiger partial charge in [0.15, 0.2) is 0 Å². The molecule has 100 valence electrons. The van der Waals surface area contributed by atoms with Crippen LogP contribution in [0.15, 0.2) is 30.3 Å². The highest BCUT2D eigenvalue weighted by Gasteiger charge is 2.22. The van der Waals surface area contributed by atoms with Crippen LogP contribution in [0.5, 0.6) is 0 Å². The molecule has 1 aromatic rings. The van der Waals surface area contributed by atoms with Crippen LogP contribution >= 0.6 is 0 Å². The van der Waals surface area contributed by atoms with Crippen molar-refractivity contribution < 1.29 is 4.79 Å². The number of carbonyl (C=O) groups excluding carboxylic acids is 1. The summed E-state index contributed by atoms with van der Waals surface area (Å²) in [6.45, 7) is 6.15. The van der Waals surface area contributed by atoms with Gasteiger partial charge < -0.3 is 11.1 Å². The Hall–Kier alpha value is -1.35. The zero-order chi connectivity index (χ0) is 13.5. The summed E-state index contributed by atoms with van der Waals surface area (Å²) in [4.78, 5) is 11.4. The summed E-state index contributed by atoms with van der Waals surface area (Å²) < 4.78 is 0. The molecule has 0 radical (unpaired) electrons. The van der Waals surface area contributed by atoms with E-state index < -0.39 is 0 Å². The van der Waals surface area contributed by atoms with Gasteiger partial charge in [0, 0.05) is 6.04 Å². The van der Waals surface area contributed by atoms with Crippen molar-refractivity contribution >= 4 is 5.91 Å². The SMILES string of the molecule is CCC(Cc1ccccc1)NC(C(N)=O)C(C)C. The van der Waals surface area contributed by atoms with Gasteiger partial charge in [0.05, 0.1) is 6.04 Å². The largest absolute Gasteiger partial charge is 0.368 e. The lowest BCUT2D eigenvalue weighted by atomic mass is 9.98. The molecule has 1 aromatic carbocycles. The third kappa shape index (κ3) is 4.49. The highest BCUT2D eigenvalue weighted by atomic mass is 16.1. The lowest BCUT2D eigenvalue weighted by molar-refractivity contribution is -0.121. The zero-order valence-electron chi connectivity index (χ0n) is 11.5. The molecule has 0 bridgehead atoms. The molecule has 18 heavy (non-hydrogen) atoms. The van der Waals surface area contributed by atoms with Gasteiger partial charge in [-0.05, 0) is 24.3 Å². The summed E-state index contributed by atoms with van der Waals surface area (Å²) in [5.74, 6) is -0.0520. The predicted octanol–water partition coefficient (Wildman–Crippen LogP) is 2.11. The molecule has 0 aliphatic rings. The Morgan fingerprint density at radius 3 is 2.33 bits per heavy atom. The summed E-state index contributed by atoms with van der Waals surface area (Å²) in [6, 6.07) is 10.3. The first kappa shape index (κ1) is 14.7. The summed E-state index contributed by atoms with van der Waals surface area (Å²) in [7, 11) is 0. The van der Waals surface area contributed by atoms with Gasteiger partial charge in [-0.15, -0.1) is 0 Å². The van der Waals surface area contributed by atoms with Crippen molar-refractivity contribution in [3.05, 3.63) is 35.9 Å². The van der Waals surface area contributed by atoms with Crippen LogP contribution in [-0.4, -0.2) is 18.0 Å². The fourth-order valence-electron chi connectivity index (χ4n) is 2.08.